The van der Waals surface area contributed by atoms with Gasteiger partial charge in [-0.1, -0.05) is 33.1 Å². The fourth-order valence-corrected chi connectivity index (χ4v) is 2.94. The van der Waals surface area contributed by atoms with Crippen molar-refractivity contribution in [1.82, 2.24) is 4.90 Å². The summed E-state index contributed by atoms with van der Waals surface area (Å²) in [6.07, 6.45) is 7.61. The van der Waals surface area contributed by atoms with Crippen LogP contribution in [0.4, 0.5) is 0 Å². The Labute approximate surface area is 101 Å². The lowest BCUT2D eigenvalue weighted by Gasteiger charge is -2.41. The van der Waals surface area contributed by atoms with Crippen molar-refractivity contribution < 1.29 is 5.11 Å². The number of aliphatic hydroxyl groups excluding tert-OH is 1. The largest absolute Gasteiger partial charge is 0.396 e. The van der Waals surface area contributed by atoms with Gasteiger partial charge in [0.25, 0.3) is 0 Å². The summed E-state index contributed by atoms with van der Waals surface area (Å²) in [5.41, 5.74) is 0.206. The molecule has 0 heterocycles. The molecule has 2 nitrogen and oxygen atoms in total. The molecule has 0 radical (unpaired) electrons. The summed E-state index contributed by atoms with van der Waals surface area (Å²) in [5, 5.41) is 9.71. The first-order chi connectivity index (χ1) is 7.67. The van der Waals surface area contributed by atoms with Crippen molar-refractivity contribution in [2.75, 3.05) is 19.7 Å². The van der Waals surface area contributed by atoms with E-state index in [1.54, 1.807) is 0 Å². The van der Waals surface area contributed by atoms with Crippen molar-refractivity contribution in [2.45, 2.75) is 65.3 Å². The Kier molecular flexibility index (Phi) is 5.77. The van der Waals surface area contributed by atoms with Gasteiger partial charge in [0.2, 0.25) is 0 Å². The van der Waals surface area contributed by atoms with Gasteiger partial charge in [-0.3, -0.25) is 0 Å². The van der Waals surface area contributed by atoms with Crippen LogP contribution in [-0.4, -0.2) is 35.7 Å². The molecular weight excluding hydrogens is 198 g/mol. The minimum Gasteiger partial charge on any atom is -0.396 e. The topological polar surface area (TPSA) is 23.5 Å². The van der Waals surface area contributed by atoms with Gasteiger partial charge in [0.05, 0.1) is 0 Å². The van der Waals surface area contributed by atoms with Crippen LogP contribution >= 0.6 is 0 Å². The van der Waals surface area contributed by atoms with Crippen molar-refractivity contribution in [3.8, 4) is 0 Å². The molecule has 0 aliphatic heterocycles. The SMILES string of the molecule is CCC(C)N(CC)CC1(CO)CCCCC1. The van der Waals surface area contributed by atoms with E-state index in [1.807, 2.05) is 0 Å². The molecule has 1 rings (SSSR count). The van der Waals surface area contributed by atoms with E-state index >= 15 is 0 Å². The first kappa shape index (κ1) is 14.0. The Morgan fingerprint density at radius 1 is 1.19 bits per heavy atom. The van der Waals surface area contributed by atoms with Crippen LogP contribution in [0.3, 0.4) is 0 Å². The molecule has 2 heteroatoms. The van der Waals surface area contributed by atoms with Crippen molar-refractivity contribution in [2.24, 2.45) is 5.41 Å². The Bertz CT molecular complexity index is 187. The number of hydrogen-bond acceptors (Lipinski definition) is 2. The third-order valence-corrected chi connectivity index (χ3v) is 4.41. The second-order valence-corrected chi connectivity index (χ2v) is 5.54. The summed E-state index contributed by atoms with van der Waals surface area (Å²) in [6, 6.07) is 0.648. The first-order valence-corrected chi connectivity index (χ1v) is 7.02. The number of aliphatic hydroxyl groups is 1. The normalized spacial score (nSPS) is 22.3. The monoisotopic (exact) mass is 227 g/mol. The zero-order valence-electron chi connectivity index (χ0n) is 11.3. The van der Waals surface area contributed by atoms with Gasteiger partial charge < -0.3 is 10.0 Å². The highest BCUT2D eigenvalue weighted by Crippen LogP contribution is 2.37. The minimum atomic E-state index is 0.206. The van der Waals surface area contributed by atoms with Crippen molar-refractivity contribution in [3.63, 3.8) is 0 Å². The van der Waals surface area contributed by atoms with E-state index in [1.165, 1.54) is 38.5 Å². The summed E-state index contributed by atoms with van der Waals surface area (Å²) in [5.74, 6) is 0. The maximum absolute atomic E-state index is 9.71. The molecule has 1 aliphatic rings. The zero-order valence-corrected chi connectivity index (χ0v) is 11.3. The molecule has 1 atom stereocenters. The Morgan fingerprint density at radius 3 is 2.25 bits per heavy atom. The van der Waals surface area contributed by atoms with Gasteiger partial charge in [-0.25, -0.2) is 0 Å². The molecule has 0 aromatic heterocycles. The molecule has 1 unspecified atom stereocenters. The predicted molar refractivity (Wildman–Crippen MR) is 69.6 cm³/mol. The molecule has 96 valence electrons. The van der Waals surface area contributed by atoms with E-state index < -0.39 is 0 Å². The molecule has 0 amide bonds. The van der Waals surface area contributed by atoms with Crippen LogP contribution in [0.1, 0.15) is 59.3 Å². The molecule has 16 heavy (non-hydrogen) atoms. The van der Waals surface area contributed by atoms with E-state index in [4.69, 9.17) is 0 Å². The smallest absolute Gasteiger partial charge is 0.0499 e. The zero-order chi connectivity index (χ0) is 12.0. The van der Waals surface area contributed by atoms with Gasteiger partial charge in [0, 0.05) is 24.6 Å². The van der Waals surface area contributed by atoms with E-state index in [0.29, 0.717) is 12.6 Å². The van der Waals surface area contributed by atoms with Gasteiger partial charge >= 0.3 is 0 Å². The maximum Gasteiger partial charge on any atom is 0.0499 e. The second kappa shape index (κ2) is 6.61. The molecule has 1 aliphatic carbocycles. The number of hydrogen-bond donors (Lipinski definition) is 1. The highest BCUT2D eigenvalue weighted by Gasteiger charge is 2.33. The van der Waals surface area contributed by atoms with E-state index in [9.17, 15) is 5.11 Å². The van der Waals surface area contributed by atoms with E-state index in [2.05, 4.69) is 25.7 Å². The number of nitrogens with zero attached hydrogens (tertiary/aromatic N) is 1. The highest BCUT2D eigenvalue weighted by atomic mass is 16.3. The van der Waals surface area contributed by atoms with Crippen LogP contribution in [0, 0.1) is 5.41 Å². The summed E-state index contributed by atoms with van der Waals surface area (Å²) < 4.78 is 0. The van der Waals surface area contributed by atoms with Crippen LogP contribution in [0.15, 0.2) is 0 Å². The fourth-order valence-electron chi connectivity index (χ4n) is 2.94. The third-order valence-electron chi connectivity index (χ3n) is 4.41. The van der Waals surface area contributed by atoms with Gasteiger partial charge in [-0.2, -0.15) is 0 Å². The fraction of sp³-hybridized carbons (Fsp3) is 1.00. The molecule has 1 saturated carbocycles. The number of rotatable bonds is 6. The van der Waals surface area contributed by atoms with E-state index in [-0.39, 0.29) is 5.41 Å². The average molecular weight is 227 g/mol. The van der Waals surface area contributed by atoms with Crippen LogP contribution in [-0.2, 0) is 0 Å². The predicted octanol–water partition coefficient (Wildman–Crippen LogP) is 3.05. The summed E-state index contributed by atoms with van der Waals surface area (Å²) in [4.78, 5) is 2.54. The van der Waals surface area contributed by atoms with Crippen LogP contribution in [0.5, 0.6) is 0 Å². The molecule has 1 N–H and O–H groups in total. The molecule has 0 saturated heterocycles. The highest BCUT2D eigenvalue weighted by molar-refractivity contribution is 4.86. The van der Waals surface area contributed by atoms with Gasteiger partial charge in [-0.15, -0.1) is 0 Å². The van der Waals surface area contributed by atoms with Gasteiger partial charge in [0.15, 0.2) is 0 Å². The van der Waals surface area contributed by atoms with Crippen molar-refractivity contribution >= 4 is 0 Å². The lowest BCUT2D eigenvalue weighted by atomic mass is 9.74. The van der Waals surface area contributed by atoms with Crippen molar-refractivity contribution in [1.29, 1.82) is 0 Å². The standard InChI is InChI=1S/C14H29NO/c1-4-13(3)15(5-2)11-14(12-16)9-7-6-8-10-14/h13,16H,4-12H2,1-3H3. The molecule has 0 spiro atoms. The third kappa shape index (κ3) is 3.46. The Hall–Kier alpha value is -0.0800. The lowest BCUT2D eigenvalue weighted by Crippen LogP contribution is -2.45. The molecule has 0 aromatic rings. The van der Waals surface area contributed by atoms with Crippen LogP contribution in [0.2, 0.25) is 0 Å². The molecule has 0 aromatic carbocycles. The van der Waals surface area contributed by atoms with Crippen molar-refractivity contribution in [3.05, 3.63) is 0 Å². The average Bonchev–Trinajstić information content (AvgIpc) is 2.36. The lowest BCUT2D eigenvalue weighted by molar-refractivity contribution is 0.0290. The summed E-state index contributed by atoms with van der Waals surface area (Å²) >= 11 is 0. The van der Waals surface area contributed by atoms with E-state index in [0.717, 1.165) is 13.1 Å². The van der Waals surface area contributed by atoms with Gasteiger partial charge in [0.1, 0.15) is 0 Å². The Morgan fingerprint density at radius 2 is 1.81 bits per heavy atom. The molecular formula is C14H29NO. The maximum atomic E-state index is 9.71. The molecule has 0 bridgehead atoms. The minimum absolute atomic E-state index is 0.206. The second-order valence-electron chi connectivity index (χ2n) is 5.54. The first-order valence-electron chi connectivity index (χ1n) is 7.02. The molecule has 1 fully saturated rings. The van der Waals surface area contributed by atoms with Crippen LogP contribution < -0.4 is 0 Å². The van der Waals surface area contributed by atoms with Gasteiger partial charge in [-0.05, 0) is 32.7 Å². The summed E-state index contributed by atoms with van der Waals surface area (Å²) in [6.45, 7) is 9.36. The Balaban J connectivity index is 2.58. The van der Waals surface area contributed by atoms with Crippen LogP contribution in [0.25, 0.3) is 0 Å². The quantitative estimate of drug-likeness (QED) is 0.754. The summed E-state index contributed by atoms with van der Waals surface area (Å²) in [7, 11) is 0.